The first-order chi connectivity index (χ1) is 10.5. The summed E-state index contributed by atoms with van der Waals surface area (Å²) >= 11 is 0. The summed E-state index contributed by atoms with van der Waals surface area (Å²) < 4.78 is 0. The second-order valence-electron chi connectivity index (χ2n) is 5.68. The van der Waals surface area contributed by atoms with E-state index < -0.39 is 6.04 Å². The number of nitrogens with one attached hydrogen (secondary N) is 2. The summed E-state index contributed by atoms with van der Waals surface area (Å²) in [6, 6.07) is 2.13. The number of phenolic OH excluding ortho intramolecular Hbond substituents is 2. The summed E-state index contributed by atoms with van der Waals surface area (Å²) in [5.74, 6) is 0.0394. The van der Waals surface area contributed by atoms with Crippen LogP contribution in [-0.4, -0.2) is 29.5 Å². The minimum atomic E-state index is -0.522. The molecule has 2 heterocycles. The van der Waals surface area contributed by atoms with Crippen LogP contribution in [0.5, 0.6) is 11.5 Å². The molecule has 0 aromatic heterocycles. The molecule has 1 atom stereocenters. The molecule has 0 saturated heterocycles. The molecular weight excluding hydrogens is 288 g/mol. The van der Waals surface area contributed by atoms with E-state index in [4.69, 9.17) is 9.78 Å². The van der Waals surface area contributed by atoms with Gasteiger partial charge in [-0.05, 0) is 17.5 Å². The van der Waals surface area contributed by atoms with Crippen molar-refractivity contribution in [2.75, 3.05) is 13.2 Å². The molecule has 1 aromatic carbocycles. The second kappa shape index (κ2) is 5.51. The number of benzene rings is 1. The normalized spacial score (nSPS) is 21.4. The number of carbonyl (C=O) groups is 1. The zero-order chi connectivity index (χ0) is 15.9. The predicted octanol–water partition coefficient (Wildman–Crippen LogP) is 1.79. The van der Waals surface area contributed by atoms with Gasteiger partial charge in [0.05, 0.1) is 11.7 Å². The molecule has 0 radical (unpaired) electrons. The van der Waals surface area contributed by atoms with Gasteiger partial charge in [-0.1, -0.05) is 13.8 Å². The summed E-state index contributed by atoms with van der Waals surface area (Å²) in [4.78, 5) is 21.7. The third-order valence-corrected chi connectivity index (χ3v) is 3.89. The van der Waals surface area contributed by atoms with Crippen molar-refractivity contribution < 1.29 is 24.8 Å². The Kier molecular flexibility index (Phi) is 3.67. The van der Waals surface area contributed by atoms with E-state index in [0.717, 1.165) is 5.57 Å². The molecule has 1 aromatic rings. The Hall–Kier alpha value is -2.25. The van der Waals surface area contributed by atoms with Crippen LogP contribution >= 0.6 is 0 Å². The number of urea groups is 1. The van der Waals surface area contributed by atoms with Crippen molar-refractivity contribution in [2.45, 2.75) is 25.8 Å². The first-order valence-electron chi connectivity index (χ1n) is 7.07. The molecule has 1 unspecified atom stereocenters. The second-order valence-corrected chi connectivity index (χ2v) is 5.68. The molecule has 2 aliphatic heterocycles. The van der Waals surface area contributed by atoms with Crippen LogP contribution in [0.25, 0.3) is 0 Å². The number of rotatable bonds is 2. The quantitative estimate of drug-likeness (QED) is 0.624. The van der Waals surface area contributed by atoms with E-state index in [1.807, 2.05) is 13.8 Å². The largest absolute Gasteiger partial charge is 0.508 e. The highest BCUT2D eigenvalue weighted by Crippen LogP contribution is 2.39. The Labute approximate surface area is 127 Å². The van der Waals surface area contributed by atoms with Gasteiger partial charge in [0.1, 0.15) is 24.7 Å². The van der Waals surface area contributed by atoms with Gasteiger partial charge in [0.25, 0.3) is 0 Å². The zero-order valence-electron chi connectivity index (χ0n) is 12.3. The highest BCUT2D eigenvalue weighted by molar-refractivity contribution is 5.79. The molecule has 2 aliphatic rings. The van der Waals surface area contributed by atoms with Crippen LogP contribution in [0.15, 0.2) is 23.4 Å². The van der Waals surface area contributed by atoms with Crippen LogP contribution in [0.1, 0.15) is 36.9 Å². The maximum atomic E-state index is 11.8. The number of phenols is 2. The van der Waals surface area contributed by atoms with Crippen molar-refractivity contribution in [3.05, 3.63) is 34.5 Å². The fraction of sp³-hybridized carbons (Fsp3) is 0.400. The van der Waals surface area contributed by atoms with E-state index in [1.165, 1.54) is 6.07 Å². The van der Waals surface area contributed by atoms with Crippen molar-refractivity contribution in [1.82, 2.24) is 10.6 Å². The summed E-state index contributed by atoms with van der Waals surface area (Å²) in [6.45, 7) is 4.22. The van der Waals surface area contributed by atoms with Crippen LogP contribution in [0, 0.1) is 0 Å². The van der Waals surface area contributed by atoms with Gasteiger partial charge in [-0.15, -0.1) is 0 Å². The van der Waals surface area contributed by atoms with Gasteiger partial charge in [0, 0.05) is 17.2 Å². The fourth-order valence-corrected chi connectivity index (χ4v) is 2.72. The van der Waals surface area contributed by atoms with E-state index >= 15 is 0 Å². The van der Waals surface area contributed by atoms with Crippen LogP contribution in [0.2, 0.25) is 0 Å². The van der Waals surface area contributed by atoms with Crippen molar-refractivity contribution in [3.63, 3.8) is 0 Å². The Balaban J connectivity index is 2.09. The molecule has 7 heteroatoms. The highest BCUT2D eigenvalue weighted by Gasteiger charge is 2.33. The summed E-state index contributed by atoms with van der Waals surface area (Å²) in [6.07, 6.45) is 0. The third-order valence-electron chi connectivity index (χ3n) is 3.89. The van der Waals surface area contributed by atoms with Gasteiger partial charge < -0.3 is 20.8 Å². The van der Waals surface area contributed by atoms with E-state index in [-0.39, 0.29) is 36.7 Å². The lowest BCUT2D eigenvalue weighted by Crippen LogP contribution is -2.47. The van der Waals surface area contributed by atoms with Crippen LogP contribution in [-0.2, 0) is 9.78 Å². The molecule has 3 rings (SSSR count). The lowest BCUT2D eigenvalue weighted by molar-refractivity contribution is -0.290. The van der Waals surface area contributed by atoms with E-state index in [9.17, 15) is 15.0 Å². The highest BCUT2D eigenvalue weighted by atomic mass is 17.2. The van der Waals surface area contributed by atoms with Gasteiger partial charge in [-0.2, -0.15) is 0 Å². The Morgan fingerprint density at radius 3 is 2.64 bits per heavy atom. The van der Waals surface area contributed by atoms with Gasteiger partial charge in [-0.3, -0.25) is 0 Å². The fourth-order valence-electron chi connectivity index (χ4n) is 2.72. The Bertz CT molecular complexity index is 654. The maximum Gasteiger partial charge on any atom is 0.319 e. The lowest BCUT2D eigenvalue weighted by Gasteiger charge is -2.33. The molecule has 0 spiro atoms. The minimum Gasteiger partial charge on any atom is -0.508 e. The van der Waals surface area contributed by atoms with E-state index in [2.05, 4.69) is 10.6 Å². The summed E-state index contributed by atoms with van der Waals surface area (Å²) in [7, 11) is 0. The van der Waals surface area contributed by atoms with Crippen LogP contribution in [0.3, 0.4) is 0 Å². The van der Waals surface area contributed by atoms with Crippen molar-refractivity contribution in [3.8, 4) is 11.5 Å². The average Bonchev–Trinajstić information content (AvgIpc) is 2.46. The molecule has 4 N–H and O–H groups in total. The molecule has 22 heavy (non-hydrogen) atoms. The number of carbonyl (C=O) groups excluding carboxylic acids is 1. The molecule has 2 amide bonds. The monoisotopic (exact) mass is 306 g/mol. The molecule has 0 fully saturated rings. The zero-order valence-corrected chi connectivity index (χ0v) is 12.3. The molecule has 7 nitrogen and oxygen atoms in total. The van der Waals surface area contributed by atoms with Gasteiger partial charge in [-0.25, -0.2) is 14.6 Å². The standard InChI is InChI=1S/C15H18N2O5/c1-7(2)8-3-9(13(19)4-12(8)18)14-10-5-21-22-6-11(10)16-15(20)17-14/h3-4,7,14,18-19H,5-6H2,1-2H3,(H2,16,17,20). The van der Waals surface area contributed by atoms with Crippen LogP contribution in [0.4, 0.5) is 4.79 Å². The average molecular weight is 306 g/mol. The van der Waals surface area contributed by atoms with Crippen molar-refractivity contribution >= 4 is 6.03 Å². The first-order valence-corrected chi connectivity index (χ1v) is 7.07. The molecular formula is C15H18N2O5. The molecule has 0 aliphatic carbocycles. The third kappa shape index (κ3) is 2.49. The van der Waals surface area contributed by atoms with Crippen molar-refractivity contribution in [2.24, 2.45) is 0 Å². The maximum absolute atomic E-state index is 11.8. The number of hydrogen-bond donors (Lipinski definition) is 4. The SMILES string of the molecule is CC(C)c1cc(C2NC(=O)NC3=C2COOC3)c(O)cc1O. The Morgan fingerprint density at radius 2 is 1.91 bits per heavy atom. The smallest absolute Gasteiger partial charge is 0.319 e. The predicted molar refractivity (Wildman–Crippen MR) is 77.2 cm³/mol. The number of aromatic hydroxyl groups is 2. The molecule has 0 saturated carbocycles. The topological polar surface area (TPSA) is 100 Å². The van der Waals surface area contributed by atoms with Gasteiger partial charge in [0.2, 0.25) is 0 Å². The minimum absolute atomic E-state index is 0.0361. The van der Waals surface area contributed by atoms with E-state index in [1.54, 1.807) is 6.07 Å². The number of hydrogen-bond acceptors (Lipinski definition) is 5. The van der Waals surface area contributed by atoms with Crippen LogP contribution < -0.4 is 10.6 Å². The van der Waals surface area contributed by atoms with Gasteiger partial charge in [0.15, 0.2) is 0 Å². The lowest BCUT2D eigenvalue weighted by atomic mass is 9.91. The summed E-state index contributed by atoms with van der Waals surface area (Å²) in [5, 5.41) is 25.6. The number of amides is 2. The van der Waals surface area contributed by atoms with Crippen molar-refractivity contribution in [1.29, 1.82) is 0 Å². The van der Waals surface area contributed by atoms with Gasteiger partial charge >= 0.3 is 6.03 Å². The van der Waals surface area contributed by atoms with E-state index in [0.29, 0.717) is 16.8 Å². The molecule has 118 valence electrons. The summed E-state index contributed by atoms with van der Waals surface area (Å²) in [5.41, 5.74) is 2.66. The first kappa shape index (κ1) is 14.7. The Morgan fingerprint density at radius 1 is 1.18 bits per heavy atom. The molecule has 0 bridgehead atoms.